The fourth-order valence-corrected chi connectivity index (χ4v) is 4.26. The zero-order valence-electron chi connectivity index (χ0n) is 17.7. The van der Waals surface area contributed by atoms with Gasteiger partial charge < -0.3 is 4.18 Å². The molecule has 0 heterocycles. The number of hydrogen-bond donors (Lipinski definition) is 1. The van der Waals surface area contributed by atoms with Crippen molar-refractivity contribution < 1.29 is 51.9 Å². The van der Waals surface area contributed by atoms with Crippen molar-refractivity contribution in [3.63, 3.8) is 0 Å². The van der Waals surface area contributed by atoms with Crippen LogP contribution in [0.3, 0.4) is 0 Å². The molecule has 0 amide bonds. The highest BCUT2D eigenvalue weighted by Crippen LogP contribution is 2.51. The molecule has 32 heavy (non-hydrogen) atoms. The van der Waals surface area contributed by atoms with Gasteiger partial charge in [0.25, 0.3) is 0 Å². The van der Waals surface area contributed by atoms with Gasteiger partial charge in [0.1, 0.15) is 5.75 Å². The first-order valence-corrected chi connectivity index (χ1v) is 12.0. The van der Waals surface area contributed by atoms with Crippen molar-refractivity contribution in [2.24, 2.45) is 11.3 Å². The van der Waals surface area contributed by atoms with Gasteiger partial charge in [-0.3, -0.25) is 4.55 Å². The van der Waals surface area contributed by atoms with E-state index >= 15 is 0 Å². The molecule has 0 aliphatic rings. The summed E-state index contributed by atoms with van der Waals surface area (Å²) in [5.41, 5.74) is 0.564. The van der Waals surface area contributed by atoms with Crippen LogP contribution in [0.1, 0.15) is 52.5 Å². The molecule has 0 bridgehead atoms. The molecule has 186 valence electrons. The summed E-state index contributed by atoms with van der Waals surface area (Å²) in [6.45, 7) is 9.79. The molecule has 14 heteroatoms. The molecule has 1 aromatic carbocycles. The third-order valence-corrected chi connectivity index (χ3v) is 6.72. The minimum absolute atomic E-state index is 0.0418. The Balaban J connectivity index is 3.29. The molecule has 0 aliphatic heterocycles. The van der Waals surface area contributed by atoms with Crippen molar-refractivity contribution >= 4 is 20.2 Å². The van der Waals surface area contributed by atoms with Crippen LogP contribution in [0, 0.1) is 11.3 Å². The van der Waals surface area contributed by atoms with Gasteiger partial charge in [0.05, 0.1) is 0 Å². The zero-order valence-corrected chi connectivity index (χ0v) is 19.4. The van der Waals surface area contributed by atoms with Gasteiger partial charge in [-0.25, -0.2) is 0 Å². The van der Waals surface area contributed by atoms with Crippen molar-refractivity contribution in [1.29, 1.82) is 0 Å². The third kappa shape index (κ3) is 5.50. The number of benzene rings is 1. The van der Waals surface area contributed by atoms with Gasteiger partial charge >= 0.3 is 36.7 Å². The van der Waals surface area contributed by atoms with E-state index < -0.39 is 42.4 Å². The molecule has 6 nitrogen and oxygen atoms in total. The van der Waals surface area contributed by atoms with Crippen molar-refractivity contribution in [1.82, 2.24) is 0 Å². The molecule has 0 aromatic heterocycles. The molecule has 1 rings (SSSR count). The monoisotopic (exact) mass is 514 g/mol. The molecule has 1 unspecified atom stereocenters. The minimum Gasteiger partial charge on any atom is -0.378 e. The Bertz CT molecular complexity index is 1010. The quantitative estimate of drug-likeness (QED) is 0.274. The summed E-state index contributed by atoms with van der Waals surface area (Å²) in [6.07, 6.45) is 0.693. The van der Waals surface area contributed by atoms with Crippen LogP contribution in [0.4, 0.5) is 26.3 Å². The number of hydrogen-bond acceptors (Lipinski definition) is 5. The Kier molecular flexibility index (Phi) is 7.72. The fourth-order valence-electron chi connectivity index (χ4n) is 2.84. The SMILES string of the molecule is CC(C)C(CC(C)(C)C)c1ccc(OS(=O)(=O)C(F)(F)C(F)(F)C(F)(F)S(=O)(=O)O)cc1. The highest BCUT2D eigenvalue weighted by molar-refractivity contribution is 7.88. The van der Waals surface area contributed by atoms with Gasteiger partial charge in [0, 0.05) is 0 Å². The first-order valence-electron chi connectivity index (χ1n) is 9.12. The molecule has 0 spiro atoms. The Labute approximate surface area is 182 Å². The molecule has 0 saturated carbocycles. The van der Waals surface area contributed by atoms with Gasteiger partial charge in [-0.15, -0.1) is 0 Å². The molecule has 0 saturated heterocycles. The topological polar surface area (TPSA) is 97.7 Å². The van der Waals surface area contributed by atoms with Crippen LogP contribution in [-0.2, 0) is 20.2 Å². The molecular formula is C18H24F6O6S2. The number of rotatable bonds is 9. The second-order valence-corrected chi connectivity index (χ2v) is 11.9. The second-order valence-electron chi connectivity index (χ2n) is 8.80. The molecule has 1 N–H and O–H groups in total. The van der Waals surface area contributed by atoms with Gasteiger partial charge in [-0.1, -0.05) is 46.8 Å². The van der Waals surface area contributed by atoms with E-state index in [4.69, 9.17) is 4.55 Å². The van der Waals surface area contributed by atoms with E-state index in [2.05, 4.69) is 4.18 Å². The van der Waals surface area contributed by atoms with Crippen LogP contribution in [-0.4, -0.2) is 37.8 Å². The highest BCUT2D eigenvalue weighted by Gasteiger charge is 2.83. The first-order chi connectivity index (χ1) is 14.0. The lowest BCUT2D eigenvalue weighted by Gasteiger charge is -2.30. The van der Waals surface area contributed by atoms with E-state index in [9.17, 15) is 43.2 Å². The molecule has 0 aliphatic carbocycles. The summed E-state index contributed by atoms with van der Waals surface area (Å²) in [4.78, 5) is 0. The van der Waals surface area contributed by atoms with Crippen LogP contribution < -0.4 is 4.18 Å². The summed E-state index contributed by atoms with van der Waals surface area (Å²) in [5, 5.41) is -13.5. The zero-order chi connectivity index (χ0) is 25.6. The Morgan fingerprint density at radius 3 is 1.66 bits per heavy atom. The summed E-state index contributed by atoms with van der Waals surface area (Å²) < 4.78 is 138. The maximum Gasteiger partial charge on any atom is 0.450 e. The molecule has 1 atom stereocenters. The van der Waals surface area contributed by atoms with Crippen LogP contribution in [0.2, 0.25) is 0 Å². The normalized spacial score (nSPS) is 15.7. The maximum absolute atomic E-state index is 13.9. The van der Waals surface area contributed by atoms with E-state index in [1.54, 1.807) is 0 Å². The van der Waals surface area contributed by atoms with E-state index in [0.717, 1.165) is 12.1 Å². The van der Waals surface area contributed by atoms with Crippen LogP contribution >= 0.6 is 0 Å². The van der Waals surface area contributed by atoms with E-state index in [-0.39, 0.29) is 17.3 Å². The standard InChI is InChI=1S/C18H24F6O6S2/c1-11(2)14(10-15(3,4)5)12-6-8-13(9-7-12)30-32(28,29)18(23,24)16(19,20)17(21,22)31(25,26)27/h6-9,11,14H,10H2,1-5H3,(H,25,26,27). The largest absolute Gasteiger partial charge is 0.450 e. The van der Waals surface area contributed by atoms with Crippen LogP contribution in [0.5, 0.6) is 5.75 Å². The molecular weight excluding hydrogens is 490 g/mol. The van der Waals surface area contributed by atoms with Gasteiger partial charge in [0.15, 0.2) is 0 Å². The molecule has 0 fully saturated rings. The lowest BCUT2D eigenvalue weighted by Crippen LogP contribution is -2.61. The Morgan fingerprint density at radius 2 is 1.31 bits per heavy atom. The Morgan fingerprint density at radius 1 is 0.875 bits per heavy atom. The summed E-state index contributed by atoms with van der Waals surface area (Å²) in [7, 11) is -13.9. The number of halogens is 6. The van der Waals surface area contributed by atoms with Crippen LogP contribution in [0.25, 0.3) is 0 Å². The average Bonchev–Trinajstić information content (AvgIpc) is 2.57. The highest BCUT2D eigenvalue weighted by atomic mass is 32.2. The van der Waals surface area contributed by atoms with Gasteiger partial charge in [-0.2, -0.15) is 43.2 Å². The fraction of sp³-hybridized carbons (Fsp3) is 0.667. The molecule has 1 aromatic rings. The van der Waals surface area contributed by atoms with Crippen molar-refractivity contribution in [2.45, 2.75) is 63.4 Å². The van der Waals surface area contributed by atoms with E-state index in [1.807, 2.05) is 34.6 Å². The maximum atomic E-state index is 13.9. The second kappa shape index (κ2) is 8.67. The Hall–Kier alpha value is -1.54. The van der Waals surface area contributed by atoms with E-state index in [0.29, 0.717) is 12.0 Å². The van der Waals surface area contributed by atoms with Crippen LogP contribution in [0.15, 0.2) is 24.3 Å². The smallest absolute Gasteiger partial charge is 0.378 e. The molecule has 0 radical (unpaired) electrons. The number of alkyl halides is 6. The first kappa shape index (κ1) is 28.5. The predicted octanol–water partition coefficient (Wildman–Crippen LogP) is 5.28. The minimum atomic E-state index is -7.10. The summed E-state index contributed by atoms with van der Waals surface area (Å²) in [6, 6.07) is 4.37. The third-order valence-electron chi connectivity index (χ3n) is 4.52. The summed E-state index contributed by atoms with van der Waals surface area (Å²) in [5.74, 6) is -7.87. The predicted molar refractivity (Wildman–Crippen MR) is 104 cm³/mol. The van der Waals surface area contributed by atoms with Crippen molar-refractivity contribution in [2.75, 3.05) is 0 Å². The van der Waals surface area contributed by atoms with Crippen molar-refractivity contribution in [3.05, 3.63) is 29.8 Å². The van der Waals surface area contributed by atoms with Gasteiger partial charge in [-0.05, 0) is 41.4 Å². The van der Waals surface area contributed by atoms with Crippen molar-refractivity contribution in [3.8, 4) is 5.75 Å². The van der Waals surface area contributed by atoms with E-state index in [1.165, 1.54) is 12.1 Å². The average molecular weight is 515 g/mol. The summed E-state index contributed by atoms with van der Waals surface area (Å²) >= 11 is 0. The lowest BCUT2D eigenvalue weighted by molar-refractivity contribution is -0.247. The van der Waals surface area contributed by atoms with Gasteiger partial charge in [0.2, 0.25) is 0 Å². The lowest BCUT2D eigenvalue weighted by atomic mass is 9.76.